The molecule has 0 unspecified atom stereocenters. The second kappa shape index (κ2) is 6.04. The van der Waals surface area contributed by atoms with E-state index in [1.165, 1.54) is 11.3 Å². The van der Waals surface area contributed by atoms with Gasteiger partial charge in [-0.25, -0.2) is 13.1 Å². The van der Waals surface area contributed by atoms with Crippen LogP contribution in [0.3, 0.4) is 0 Å². The second-order valence-electron chi connectivity index (χ2n) is 3.98. The third kappa shape index (κ3) is 3.56. The van der Waals surface area contributed by atoms with Crippen LogP contribution in [0.1, 0.15) is 12.1 Å². The Kier molecular flexibility index (Phi) is 4.62. The maximum Gasteiger partial charge on any atom is 0.250 e. The van der Waals surface area contributed by atoms with Crippen molar-refractivity contribution in [1.29, 1.82) is 0 Å². The van der Waals surface area contributed by atoms with Gasteiger partial charge in [0.2, 0.25) is 10.0 Å². The molecule has 5 nitrogen and oxygen atoms in total. The molecule has 8 heteroatoms. The topological polar surface area (TPSA) is 64.0 Å². The molecule has 0 aliphatic heterocycles. The molecular weight excluding hydrogens is 306 g/mol. The fourth-order valence-electron chi connectivity index (χ4n) is 1.57. The van der Waals surface area contributed by atoms with Crippen LogP contribution in [0.2, 0.25) is 5.02 Å². The minimum Gasteiger partial charge on any atom is -0.268 e. The van der Waals surface area contributed by atoms with Gasteiger partial charge >= 0.3 is 0 Å². The fraction of sp³-hybridized carbons (Fsp3) is 0.364. The monoisotopic (exact) mass is 319 g/mol. The Bertz CT molecular complexity index is 635. The molecule has 2 heterocycles. The zero-order valence-corrected chi connectivity index (χ0v) is 12.7. The van der Waals surface area contributed by atoms with E-state index < -0.39 is 10.0 Å². The number of thiophene rings is 1. The van der Waals surface area contributed by atoms with Crippen molar-refractivity contribution in [1.82, 2.24) is 14.5 Å². The second-order valence-corrected chi connectivity index (χ2v) is 7.33. The van der Waals surface area contributed by atoms with Crippen molar-refractivity contribution in [2.75, 3.05) is 6.54 Å². The number of halogens is 1. The summed E-state index contributed by atoms with van der Waals surface area (Å²) >= 11 is 7.09. The molecule has 0 bridgehead atoms. The standard InChI is InChI=1S/C11H14ClN3O2S2/c1-9-10(12)8-13-15(9)6-3-5-14-19(16,17)11-4-2-7-18-11/h2,4,7-8,14H,3,5-6H2,1H3. The van der Waals surface area contributed by atoms with Crippen molar-refractivity contribution >= 4 is 33.0 Å². The summed E-state index contributed by atoms with van der Waals surface area (Å²) in [6.07, 6.45) is 2.25. The summed E-state index contributed by atoms with van der Waals surface area (Å²) in [5, 5.41) is 6.47. The molecule has 2 aromatic rings. The van der Waals surface area contributed by atoms with E-state index in [4.69, 9.17) is 11.6 Å². The first-order valence-corrected chi connectivity index (χ1v) is 8.46. The smallest absolute Gasteiger partial charge is 0.250 e. The van der Waals surface area contributed by atoms with Crippen LogP contribution in [0, 0.1) is 6.92 Å². The van der Waals surface area contributed by atoms with Crippen molar-refractivity contribution in [3.05, 3.63) is 34.4 Å². The van der Waals surface area contributed by atoms with Gasteiger partial charge in [-0.1, -0.05) is 17.7 Å². The van der Waals surface area contributed by atoms with Crippen LogP contribution in [0.5, 0.6) is 0 Å². The maximum absolute atomic E-state index is 11.8. The summed E-state index contributed by atoms with van der Waals surface area (Å²) in [5.74, 6) is 0. The summed E-state index contributed by atoms with van der Waals surface area (Å²) in [6.45, 7) is 2.88. The molecular formula is C11H14ClN3O2S2. The zero-order chi connectivity index (χ0) is 13.9. The van der Waals surface area contributed by atoms with Crippen LogP contribution in [-0.2, 0) is 16.6 Å². The maximum atomic E-state index is 11.8. The molecule has 0 atom stereocenters. The van der Waals surface area contributed by atoms with Gasteiger partial charge in [0.15, 0.2) is 0 Å². The number of nitrogens with zero attached hydrogens (tertiary/aromatic N) is 2. The highest BCUT2D eigenvalue weighted by atomic mass is 35.5. The number of rotatable bonds is 6. The summed E-state index contributed by atoms with van der Waals surface area (Å²) < 4.78 is 28.3. The number of sulfonamides is 1. The predicted molar refractivity (Wildman–Crippen MR) is 76.1 cm³/mol. The van der Waals surface area contributed by atoms with Gasteiger partial charge in [-0.05, 0) is 24.8 Å². The van der Waals surface area contributed by atoms with E-state index in [0.29, 0.717) is 28.7 Å². The summed E-state index contributed by atoms with van der Waals surface area (Å²) in [4.78, 5) is 0. The van der Waals surface area contributed by atoms with Gasteiger partial charge in [0.05, 0.1) is 16.9 Å². The summed E-state index contributed by atoms with van der Waals surface area (Å²) in [6, 6.07) is 3.30. The number of hydrogen-bond donors (Lipinski definition) is 1. The van der Waals surface area contributed by atoms with E-state index in [9.17, 15) is 8.42 Å². The van der Waals surface area contributed by atoms with E-state index in [-0.39, 0.29) is 0 Å². The van der Waals surface area contributed by atoms with E-state index >= 15 is 0 Å². The van der Waals surface area contributed by atoms with Crippen LogP contribution in [0.4, 0.5) is 0 Å². The number of nitrogens with one attached hydrogen (secondary N) is 1. The molecule has 0 fully saturated rings. The van der Waals surface area contributed by atoms with Crippen molar-refractivity contribution in [2.24, 2.45) is 0 Å². The van der Waals surface area contributed by atoms with Crippen LogP contribution in [0.15, 0.2) is 27.9 Å². The highest BCUT2D eigenvalue weighted by molar-refractivity contribution is 7.91. The van der Waals surface area contributed by atoms with Crippen molar-refractivity contribution in [2.45, 2.75) is 24.1 Å². The largest absolute Gasteiger partial charge is 0.268 e. The molecule has 0 saturated heterocycles. The highest BCUT2D eigenvalue weighted by Crippen LogP contribution is 2.15. The molecule has 0 aliphatic rings. The third-order valence-electron chi connectivity index (χ3n) is 2.64. The first-order chi connectivity index (χ1) is 9.00. The molecule has 0 radical (unpaired) electrons. The van der Waals surface area contributed by atoms with E-state index in [1.54, 1.807) is 28.4 Å². The lowest BCUT2D eigenvalue weighted by atomic mass is 10.4. The highest BCUT2D eigenvalue weighted by Gasteiger charge is 2.13. The summed E-state index contributed by atoms with van der Waals surface area (Å²) in [5.41, 5.74) is 0.891. The normalized spacial score (nSPS) is 11.9. The Balaban J connectivity index is 1.83. The van der Waals surface area contributed by atoms with Crippen molar-refractivity contribution in [3.63, 3.8) is 0 Å². The minimum absolute atomic E-state index is 0.339. The van der Waals surface area contributed by atoms with E-state index in [2.05, 4.69) is 9.82 Å². The molecule has 0 aromatic carbocycles. The van der Waals surface area contributed by atoms with Gasteiger partial charge in [-0.2, -0.15) is 5.10 Å². The lowest BCUT2D eigenvalue weighted by Crippen LogP contribution is -2.25. The Hall–Kier alpha value is -0.890. The van der Waals surface area contributed by atoms with Gasteiger partial charge in [0, 0.05) is 13.1 Å². The van der Waals surface area contributed by atoms with Crippen LogP contribution in [0.25, 0.3) is 0 Å². The molecule has 0 saturated carbocycles. The number of aromatic nitrogens is 2. The SMILES string of the molecule is Cc1c(Cl)cnn1CCCNS(=O)(=O)c1cccs1. The van der Waals surface area contributed by atoms with E-state index in [1.807, 2.05) is 6.92 Å². The molecule has 104 valence electrons. The molecule has 1 N–H and O–H groups in total. The predicted octanol–water partition coefficient (Wildman–Crippen LogP) is 2.28. The Morgan fingerprint density at radius 1 is 1.53 bits per heavy atom. The minimum atomic E-state index is -3.36. The van der Waals surface area contributed by atoms with Gasteiger partial charge in [-0.3, -0.25) is 4.68 Å². The van der Waals surface area contributed by atoms with Gasteiger partial charge in [0.25, 0.3) is 0 Å². The molecule has 0 aliphatic carbocycles. The van der Waals surface area contributed by atoms with E-state index in [0.717, 1.165) is 5.69 Å². The first-order valence-electron chi connectivity index (χ1n) is 5.72. The molecule has 0 amide bonds. The lowest BCUT2D eigenvalue weighted by Gasteiger charge is -2.06. The number of hydrogen-bond acceptors (Lipinski definition) is 4. The lowest BCUT2D eigenvalue weighted by molar-refractivity contribution is 0.547. The average molecular weight is 320 g/mol. The molecule has 0 spiro atoms. The Morgan fingerprint density at radius 3 is 2.89 bits per heavy atom. The Labute approximate surface area is 121 Å². The summed E-state index contributed by atoms with van der Waals surface area (Å²) in [7, 11) is -3.36. The number of aryl methyl sites for hydroxylation is 1. The van der Waals surface area contributed by atoms with Gasteiger partial charge < -0.3 is 0 Å². The van der Waals surface area contributed by atoms with Crippen molar-refractivity contribution < 1.29 is 8.42 Å². The quantitative estimate of drug-likeness (QED) is 0.831. The molecule has 2 aromatic heterocycles. The zero-order valence-electron chi connectivity index (χ0n) is 10.3. The van der Waals surface area contributed by atoms with Gasteiger partial charge in [0.1, 0.15) is 4.21 Å². The van der Waals surface area contributed by atoms with Crippen LogP contribution < -0.4 is 4.72 Å². The molecule has 2 rings (SSSR count). The van der Waals surface area contributed by atoms with Crippen molar-refractivity contribution in [3.8, 4) is 0 Å². The third-order valence-corrected chi connectivity index (χ3v) is 5.87. The van der Waals surface area contributed by atoms with Crippen LogP contribution in [-0.4, -0.2) is 24.7 Å². The molecule has 19 heavy (non-hydrogen) atoms. The first kappa shape index (κ1) is 14.5. The fourth-order valence-corrected chi connectivity index (χ4v) is 3.82. The van der Waals surface area contributed by atoms with Gasteiger partial charge in [-0.15, -0.1) is 11.3 Å². The average Bonchev–Trinajstić information content (AvgIpc) is 2.99. The van der Waals surface area contributed by atoms with Crippen LogP contribution >= 0.6 is 22.9 Å². The Morgan fingerprint density at radius 2 is 2.32 bits per heavy atom.